The number of carbonyl (C=O) groups excluding carboxylic acids is 1. The smallest absolute Gasteiger partial charge is 0.179 e. The third-order valence-corrected chi connectivity index (χ3v) is 3.07. The van der Waals surface area contributed by atoms with Gasteiger partial charge in [0, 0.05) is 5.56 Å². The molecule has 1 unspecified atom stereocenters. The van der Waals surface area contributed by atoms with Crippen molar-refractivity contribution >= 4 is 5.78 Å². The molecule has 0 radical (unpaired) electrons. The molecule has 0 aliphatic carbocycles. The minimum atomic E-state index is -0.530. The Labute approximate surface area is 101 Å². The first-order chi connectivity index (χ1) is 8.26. The minimum Gasteiger partial charge on any atom is -0.493 e. The van der Waals surface area contributed by atoms with Gasteiger partial charge < -0.3 is 4.74 Å². The third-order valence-electron chi connectivity index (χ3n) is 3.07. The van der Waals surface area contributed by atoms with Gasteiger partial charge in [-0.2, -0.15) is 5.26 Å². The summed E-state index contributed by atoms with van der Waals surface area (Å²) in [5, 5.41) is 8.90. The van der Waals surface area contributed by atoms with Gasteiger partial charge >= 0.3 is 0 Å². The first-order valence-corrected chi connectivity index (χ1v) is 5.95. The molecular weight excluding hydrogens is 214 g/mol. The second-order valence-electron chi connectivity index (χ2n) is 4.23. The van der Waals surface area contributed by atoms with Crippen molar-refractivity contribution in [2.24, 2.45) is 5.92 Å². The molecule has 0 aromatic heterocycles. The zero-order chi connectivity index (χ0) is 12.3. The van der Waals surface area contributed by atoms with Gasteiger partial charge in [0.05, 0.1) is 12.7 Å². The van der Waals surface area contributed by atoms with Crippen LogP contribution in [-0.2, 0) is 6.42 Å². The number of Topliss-reactive ketones (excluding diaryl/α,β-unsaturated/α-hetero) is 1. The lowest BCUT2D eigenvalue weighted by molar-refractivity contribution is 0.0946. The van der Waals surface area contributed by atoms with Gasteiger partial charge in [0.2, 0.25) is 0 Å². The van der Waals surface area contributed by atoms with Crippen LogP contribution in [0.4, 0.5) is 0 Å². The van der Waals surface area contributed by atoms with Crippen molar-refractivity contribution in [3.63, 3.8) is 0 Å². The van der Waals surface area contributed by atoms with Crippen LogP contribution < -0.4 is 4.74 Å². The quantitative estimate of drug-likeness (QED) is 0.749. The summed E-state index contributed by atoms with van der Waals surface area (Å²) in [6, 6.07) is 7.52. The number of carbonyl (C=O) groups is 1. The minimum absolute atomic E-state index is 0.0802. The summed E-state index contributed by atoms with van der Waals surface area (Å²) < 4.78 is 5.50. The van der Waals surface area contributed by atoms with Gasteiger partial charge in [0.25, 0.3) is 0 Å². The number of hydrogen-bond donors (Lipinski definition) is 0. The van der Waals surface area contributed by atoms with E-state index in [-0.39, 0.29) is 5.78 Å². The average molecular weight is 229 g/mol. The fourth-order valence-electron chi connectivity index (χ4n) is 2.05. The maximum atomic E-state index is 12.0. The van der Waals surface area contributed by atoms with Crippen molar-refractivity contribution < 1.29 is 9.53 Å². The Hall–Kier alpha value is -1.82. The van der Waals surface area contributed by atoms with Crippen molar-refractivity contribution in [1.29, 1.82) is 5.26 Å². The van der Waals surface area contributed by atoms with E-state index in [4.69, 9.17) is 10.00 Å². The summed E-state index contributed by atoms with van der Waals surface area (Å²) >= 11 is 0. The maximum Gasteiger partial charge on any atom is 0.179 e. The number of ether oxygens (including phenoxy) is 1. The maximum absolute atomic E-state index is 12.0. The molecule has 2 rings (SSSR count). The molecule has 1 aromatic rings. The molecule has 1 aliphatic heterocycles. The number of rotatable bonds is 3. The van der Waals surface area contributed by atoms with Gasteiger partial charge in [0.15, 0.2) is 5.78 Å². The van der Waals surface area contributed by atoms with Crippen LogP contribution in [0.5, 0.6) is 5.75 Å². The molecule has 0 amide bonds. The fraction of sp³-hybridized carbons (Fsp3) is 0.429. The lowest BCUT2D eigenvalue weighted by Gasteiger charge is -2.18. The van der Waals surface area contributed by atoms with Crippen molar-refractivity contribution in [2.45, 2.75) is 26.2 Å². The number of benzene rings is 1. The lowest BCUT2D eigenvalue weighted by Crippen LogP contribution is -2.14. The van der Waals surface area contributed by atoms with E-state index < -0.39 is 5.92 Å². The van der Waals surface area contributed by atoms with Gasteiger partial charge in [-0.05, 0) is 43.0 Å². The molecule has 0 bridgehead atoms. The highest BCUT2D eigenvalue weighted by atomic mass is 16.5. The number of ketones is 1. The number of fused-ring (bicyclic) bond motifs is 1. The molecule has 1 atom stereocenters. The van der Waals surface area contributed by atoms with Crippen molar-refractivity contribution in [1.82, 2.24) is 0 Å². The first kappa shape index (κ1) is 11.7. The lowest BCUT2D eigenvalue weighted by atomic mass is 9.94. The molecule has 88 valence electrons. The second kappa shape index (κ2) is 5.01. The van der Waals surface area contributed by atoms with Crippen LogP contribution in [0.15, 0.2) is 18.2 Å². The Bertz CT molecular complexity index is 474. The van der Waals surface area contributed by atoms with Crippen LogP contribution in [0, 0.1) is 17.2 Å². The summed E-state index contributed by atoms with van der Waals surface area (Å²) in [7, 11) is 0. The molecule has 17 heavy (non-hydrogen) atoms. The molecule has 3 heteroatoms. The zero-order valence-corrected chi connectivity index (χ0v) is 9.90. The SMILES string of the molecule is CCC(C#N)C(=O)c1ccc2c(c1)CCCO2. The first-order valence-electron chi connectivity index (χ1n) is 5.95. The predicted molar refractivity (Wildman–Crippen MR) is 64.0 cm³/mol. The molecule has 1 aromatic carbocycles. The molecule has 0 N–H and O–H groups in total. The van der Waals surface area contributed by atoms with Crippen molar-refractivity contribution in [2.75, 3.05) is 6.61 Å². The predicted octanol–water partition coefficient (Wildman–Crippen LogP) is 2.74. The van der Waals surface area contributed by atoms with Gasteiger partial charge in [-0.25, -0.2) is 0 Å². The monoisotopic (exact) mass is 229 g/mol. The van der Waals surface area contributed by atoms with E-state index in [1.165, 1.54) is 0 Å². The van der Waals surface area contributed by atoms with Crippen LogP contribution >= 0.6 is 0 Å². The van der Waals surface area contributed by atoms with Crippen LogP contribution in [-0.4, -0.2) is 12.4 Å². The molecule has 0 saturated carbocycles. The summed E-state index contributed by atoms with van der Waals surface area (Å²) in [5.41, 5.74) is 1.71. The Morgan fingerprint density at radius 2 is 2.41 bits per heavy atom. The Kier molecular flexibility index (Phi) is 3.43. The van der Waals surface area contributed by atoms with E-state index in [0.717, 1.165) is 30.8 Å². The normalized spacial score (nSPS) is 15.3. The van der Waals surface area contributed by atoms with E-state index in [1.807, 2.05) is 25.1 Å². The number of nitriles is 1. The Balaban J connectivity index is 2.28. The van der Waals surface area contributed by atoms with Gasteiger partial charge in [-0.3, -0.25) is 4.79 Å². The van der Waals surface area contributed by atoms with E-state index in [2.05, 4.69) is 0 Å². The highest BCUT2D eigenvalue weighted by Gasteiger charge is 2.19. The van der Waals surface area contributed by atoms with Crippen LogP contribution in [0.25, 0.3) is 0 Å². The molecule has 1 aliphatic rings. The number of nitrogens with zero attached hydrogens (tertiary/aromatic N) is 1. The number of hydrogen-bond acceptors (Lipinski definition) is 3. The van der Waals surface area contributed by atoms with Gasteiger partial charge in [0.1, 0.15) is 11.7 Å². The second-order valence-corrected chi connectivity index (χ2v) is 4.23. The zero-order valence-electron chi connectivity index (χ0n) is 9.90. The van der Waals surface area contributed by atoms with E-state index >= 15 is 0 Å². The largest absolute Gasteiger partial charge is 0.493 e. The fourth-order valence-corrected chi connectivity index (χ4v) is 2.05. The Morgan fingerprint density at radius 3 is 3.12 bits per heavy atom. The molecule has 0 saturated heterocycles. The number of aryl methyl sites for hydroxylation is 1. The van der Waals surface area contributed by atoms with Crippen LogP contribution in [0.1, 0.15) is 35.7 Å². The van der Waals surface area contributed by atoms with Crippen molar-refractivity contribution in [3.8, 4) is 11.8 Å². The van der Waals surface area contributed by atoms with E-state index in [1.54, 1.807) is 6.07 Å². The van der Waals surface area contributed by atoms with Crippen molar-refractivity contribution in [3.05, 3.63) is 29.3 Å². The summed E-state index contributed by atoms with van der Waals surface area (Å²) in [6.45, 7) is 2.60. The van der Waals surface area contributed by atoms with Gasteiger partial charge in [-0.15, -0.1) is 0 Å². The molecule has 0 fully saturated rings. The molecular formula is C14H15NO2. The van der Waals surface area contributed by atoms with Crippen LogP contribution in [0.2, 0.25) is 0 Å². The summed E-state index contributed by atoms with van der Waals surface area (Å²) in [4.78, 5) is 12.0. The average Bonchev–Trinajstić information content (AvgIpc) is 2.39. The Morgan fingerprint density at radius 1 is 1.59 bits per heavy atom. The summed E-state index contributed by atoms with van der Waals surface area (Å²) in [5.74, 6) is 0.263. The molecule has 0 spiro atoms. The highest BCUT2D eigenvalue weighted by molar-refractivity contribution is 5.99. The van der Waals surface area contributed by atoms with Gasteiger partial charge in [-0.1, -0.05) is 6.92 Å². The summed E-state index contributed by atoms with van der Waals surface area (Å²) in [6.07, 6.45) is 2.49. The van der Waals surface area contributed by atoms with E-state index in [0.29, 0.717) is 12.0 Å². The van der Waals surface area contributed by atoms with E-state index in [9.17, 15) is 4.79 Å². The standard InChI is InChI=1S/C14H15NO2/c1-2-10(9-15)14(16)12-5-6-13-11(8-12)4-3-7-17-13/h5-6,8,10H,2-4,7H2,1H3. The third kappa shape index (κ3) is 2.31. The molecule has 3 nitrogen and oxygen atoms in total. The van der Waals surface area contributed by atoms with Crippen LogP contribution in [0.3, 0.4) is 0 Å². The highest BCUT2D eigenvalue weighted by Crippen LogP contribution is 2.26. The topological polar surface area (TPSA) is 50.1 Å². The molecule has 1 heterocycles.